The number of rotatable bonds is 2. The summed E-state index contributed by atoms with van der Waals surface area (Å²) in [5.74, 6) is 0.817. The van der Waals surface area contributed by atoms with Crippen LogP contribution in [0, 0.1) is 11.8 Å². The number of ether oxygens (including phenoxy) is 1. The van der Waals surface area contributed by atoms with Gasteiger partial charge in [-0.05, 0) is 13.8 Å². The van der Waals surface area contributed by atoms with Gasteiger partial charge in [-0.15, -0.1) is 0 Å². The highest BCUT2D eigenvalue weighted by atomic mass is 16.6. The molecule has 0 N–H and O–H groups in total. The number of hydrogen-bond donors (Lipinski definition) is 0. The molecule has 0 bridgehead atoms. The van der Waals surface area contributed by atoms with Crippen molar-refractivity contribution in [2.75, 3.05) is 19.7 Å². The van der Waals surface area contributed by atoms with Gasteiger partial charge in [0.05, 0.1) is 5.92 Å². The number of cyclic esters (lactones) is 1. The topological polar surface area (TPSA) is 29.5 Å². The number of nitrogens with zero attached hydrogens (tertiary/aromatic N) is 1. The maximum absolute atomic E-state index is 10.9. The van der Waals surface area contributed by atoms with E-state index in [-0.39, 0.29) is 11.9 Å². The van der Waals surface area contributed by atoms with Gasteiger partial charge < -0.3 is 9.64 Å². The fourth-order valence-corrected chi connectivity index (χ4v) is 1.80. The third-order valence-electron chi connectivity index (χ3n) is 2.95. The summed E-state index contributed by atoms with van der Waals surface area (Å²) in [7, 11) is 0. The Morgan fingerprint density at radius 3 is 2.50 bits per heavy atom. The highest BCUT2D eigenvalue weighted by molar-refractivity contribution is 5.77. The molecular weight excluding hydrogens is 154 g/mol. The lowest BCUT2D eigenvalue weighted by Crippen LogP contribution is -2.58. The number of carbonyl (C=O) groups is 1. The summed E-state index contributed by atoms with van der Waals surface area (Å²) < 4.78 is 4.74. The predicted molar refractivity (Wildman–Crippen MR) is 44.6 cm³/mol. The third kappa shape index (κ3) is 1.12. The van der Waals surface area contributed by atoms with Gasteiger partial charge in [0, 0.05) is 25.0 Å². The van der Waals surface area contributed by atoms with E-state index >= 15 is 0 Å². The first-order valence-corrected chi connectivity index (χ1v) is 4.59. The van der Waals surface area contributed by atoms with Crippen LogP contribution in [0.1, 0.15) is 13.8 Å². The molecule has 3 heteroatoms. The van der Waals surface area contributed by atoms with Crippen molar-refractivity contribution in [3.05, 3.63) is 0 Å². The lowest BCUT2D eigenvalue weighted by atomic mass is 9.83. The highest BCUT2D eigenvalue weighted by Crippen LogP contribution is 2.31. The van der Waals surface area contributed by atoms with Gasteiger partial charge in [0.1, 0.15) is 6.61 Å². The quantitative estimate of drug-likeness (QED) is 0.564. The molecule has 2 saturated heterocycles. The Morgan fingerprint density at radius 1 is 1.50 bits per heavy atom. The van der Waals surface area contributed by atoms with Crippen molar-refractivity contribution in [1.82, 2.24) is 4.90 Å². The van der Waals surface area contributed by atoms with Crippen LogP contribution in [-0.2, 0) is 9.53 Å². The van der Waals surface area contributed by atoms with Crippen LogP contribution in [0.4, 0.5) is 0 Å². The largest absolute Gasteiger partial charge is 0.464 e. The number of hydrogen-bond acceptors (Lipinski definition) is 3. The second-order valence-corrected chi connectivity index (χ2v) is 4.04. The molecule has 0 saturated carbocycles. The summed E-state index contributed by atoms with van der Waals surface area (Å²) in [4.78, 5) is 13.3. The third-order valence-corrected chi connectivity index (χ3v) is 2.95. The fraction of sp³-hybridized carbons (Fsp3) is 0.889. The van der Waals surface area contributed by atoms with Crippen LogP contribution in [-0.4, -0.2) is 36.6 Å². The summed E-state index contributed by atoms with van der Waals surface area (Å²) >= 11 is 0. The summed E-state index contributed by atoms with van der Waals surface area (Å²) in [6.45, 7) is 7.20. The molecule has 0 aliphatic carbocycles. The minimum absolute atomic E-state index is 0.0170. The van der Waals surface area contributed by atoms with Gasteiger partial charge in [0.15, 0.2) is 0 Å². The minimum atomic E-state index is 0.0170. The molecule has 0 radical (unpaired) electrons. The molecular formula is C9H15NO2. The monoisotopic (exact) mass is 169 g/mol. The van der Waals surface area contributed by atoms with Gasteiger partial charge >= 0.3 is 5.97 Å². The van der Waals surface area contributed by atoms with E-state index in [9.17, 15) is 4.79 Å². The van der Waals surface area contributed by atoms with Crippen LogP contribution in [0.5, 0.6) is 0 Å². The lowest BCUT2D eigenvalue weighted by Gasteiger charge is -2.46. The van der Waals surface area contributed by atoms with Gasteiger partial charge in [-0.2, -0.15) is 0 Å². The molecule has 0 amide bonds. The van der Waals surface area contributed by atoms with Crippen LogP contribution >= 0.6 is 0 Å². The Balaban J connectivity index is 1.78. The van der Waals surface area contributed by atoms with E-state index in [4.69, 9.17) is 4.74 Å². The number of carbonyl (C=O) groups excluding carboxylic acids is 1. The zero-order chi connectivity index (χ0) is 8.72. The van der Waals surface area contributed by atoms with Crippen molar-refractivity contribution >= 4 is 5.97 Å². The van der Waals surface area contributed by atoms with E-state index in [1.54, 1.807) is 0 Å². The Labute approximate surface area is 72.7 Å². The van der Waals surface area contributed by atoms with Crippen molar-refractivity contribution in [3.63, 3.8) is 0 Å². The van der Waals surface area contributed by atoms with Gasteiger partial charge in [-0.1, -0.05) is 0 Å². The van der Waals surface area contributed by atoms with Crippen molar-refractivity contribution in [1.29, 1.82) is 0 Å². The first kappa shape index (κ1) is 8.05. The second-order valence-electron chi connectivity index (χ2n) is 4.04. The molecule has 2 fully saturated rings. The highest BCUT2D eigenvalue weighted by Gasteiger charge is 2.44. The first-order chi connectivity index (χ1) is 5.68. The molecule has 1 atom stereocenters. The molecule has 2 rings (SSSR count). The van der Waals surface area contributed by atoms with E-state index in [1.807, 2.05) is 0 Å². The van der Waals surface area contributed by atoms with Gasteiger partial charge in [0.2, 0.25) is 0 Å². The summed E-state index contributed by atoms with van der Waals surface area (Å²) in [5.41, 5.74) is 0. The average Bonchev–Trinajstić information content (AvgIpc) is 1.91. The summed E-state index contributed by atoms with van der Waals surface area (Å²) in [6.07, 6.45) is 0. The zero-order valence-electron chi connectivity index (χ0n) is 7.62. The predicted octanol–water partition coefficient (Wildman–Crippen LogP) is 0.500. The Kier molecular flexibility index (Phi) is 1.83. The van der Waals surface area contributed by atoms with Gasteiger partial charge in [0.25, 0.3) is 0 Å². The Bertz CT molecular complexity index is 197. The molecule has 2 heterocycles. The van der Waals surface area contributed by atoms with Crippen molar-refractivity contribution in [2.24, 2.45) is 11.8 Å². The molecule has 0 aromatic heterocycles. The molecule has 12 heavy (non-hydrogen) atoms. The normalized spacial score (nSPS) is 31.2. The number of likely N-dealkylation sites (tertiary alicyclic amines) is 1. The standard InChI is InChI=1S/C9H15NO2/c1-6(2)10-3-7(4-10)8-5-12-9(8)11/h6-8H,3-5H2,1-2H3. The van der Waals surface area contributed by atoms with Crippen LogP contribution in [0.3, 0.4) is 0 Å². The molecule has 0 aromatic rings. The van der Waals surface area contributed by atoms with Crippen molar-refractivity contribution in [3.8, 4) is 0 Å². The maximum Gasteiger partial charge on any atom is 0.312 e. The van der Waals surface area contributed by atoms with Gasteiger partial charge in [-0.25, -0.2) is 0 Å². The number of esters is 1. The molecule has 68 valence electrons. The summed E-state index contributed by atoms with van der Waals surface area (Å²) in [5, 5.41) is 0. The lowest BCUT2D eigenvalue weighted by molar-refractivity contribution is -0.178. The second kappa shape index (κ2) is 2.73. The molecule has 3 nitrogen and oxygen atoms in total. The van der Waals surface area contributed by atoms with E-state index in [0.29, 0.717) is 18.6 Å². The maximum atomic E-state index is 10.9. The SMILES string of the molecule is CC(C)N1CC(C2COC2=O)C1. The van der Waals surface area contributed by atoms with E-state index in [0.717, 1.165) is 13.1 Å². The van der Waals surface area contributed by atoms with Crippen LogP contribution in [0.15, 0.2) is 0 Å². The molecule has 2 aliphatic heterocycles. The van der Waals surface area contributed by atoms with Gasteiger partial charge in [-0.3, -0.25) is 4.79 Å². The average molecular weight is 169 g/mol. The van der Waals surface area contributed by atoms with Crippen LogP contribution in [0.25, 0.3) is 0 Å². The van der Waals surface area contributed by atoms with Crippen molar-refractivity contribution in [2.45, 2.75) is 19.9 Å². The van der Waals surface area contributed by atoms with E-state index in [1.165, 1.54) is 0 Å². The molecule has 0 spiro atoms. The molecule has 1 unspecified atom stereocenters. The Hall–Kier alpha value is -0.570. The van der Waals surface area contributed by atoms with Crippen LogP contribution in [0.2, 0.25) is 0 Å². The smallest absolute Gasteiger partial charge is 0.312 e. The van der Waals surface area contributed by atoms with E-state index < -0.39 is 0 Å². The Morgan fingerprint density at radius 2 is 2.17 bits per heavy atom. The minimum Gasteiger partial charge on any atom is -0.464 e. The first-order valence-electron chi connectivity index (χ1n) is 4.59. The molecule has 0 aromatic carbocycles. The fourth-order valence-electron chi connectivity index (χ4n) is 1.80. The van der Waals surface area contributed by atoms with E-state index in [2.05, 4.69) is 18.7 Å². The van der Waals surface area contributed by atoms with Crippen LogP contribution < -0.4 is 0 Å². The van der Waals surface area contributed by atoms with Crippen molar-refractivity contribution < 1.29 is 9.53 Å². The molecule has 2 aliphatic rings. The summed E-state index contributed by atoms with van der Waals surface area (Å²) in [6, 6.07) is 0.623. The zero-order valence-corrected chi connectivity index (χ0v) is 7.62.